The van der Waals surface area contributed by atoms with Gasteiger partial charge in [-0.05, 0) is 36.1 Å². The Morgan fingerprint density at radius 3 is 2.33 bits per heavy atom. The van der Waals surface area contributed by atoms with Gasteiger partial charge in [-0.2, -0.15) is 0 Å². The predicted molar refractivity (Wildman–Crippen MR) is 81.7 cm³/mol. The second-order valence-corrected chi connectivity index (χ2v) is 7.00. The molecule has 0 bridgehead atoms. The first-order valence-corrected chi connectivity index (χ1v) is 7.42. The van der Waals surface area contributed by atoms with Crippen molar-refractivity contribution in [2.45, 2.75) is 40.0 Å². The van der Waals surface area contributed by atoms with Gasteiger partial charge in [0.25, 0.3) is 0 Å². The fraction of sp³-hybridized carbons (Fsp3) is 0.471. The number of ketones is 3. The molecule has 1 aliphatic rings. The first kappa shape index (κ1) is 15.9. The molecule has 1 saturated carbocycles. The van der Waals surface area contributed by atoms with E-state index in [1.54, 1.807) is 18.2 Å². The lowest BCUT2D eigenvalue weighted by Crippen LogP contribution is -2.38. The second-order valence-electron chi connectivity index (χ2n) is 6.59. The highest BCUT2D eigenvalue weighted by Crippen LogP contribution is 2.35. The molecule has 3 nitrogen and oxygen atoms in total. The van der Waals surface area contributed by atoms with Crippen LogP contribution >= 0.6 is 11.6 Å². The minimum Gasteiger partial charge on any atom is -0.299 e. The fourth-order valence-corrected chi connectivity index (χ4v) is 2.90. The molecule has 0 aliphatic heterocycles. The van der Waals surface area contributed by atoms with Crippen molar-refractivity contribution in [3.05, 3.63) is 34.3 Å². The van der Waals surface area contributed by atoms with Crippen molar-refractivity contribution in [2.24, 2.45) is 11.3 Å². The highest BCUT2D eigenvalue weighted by Gasteiger charge is 2.40. The molecule has 0 amide bonds. The van der Waals surface area contributed by atoms with Crippen LogP contribution in [0.5, 0.6) is 0 Å². The summed E-state index contributed by atoms with van der Waals surface area (Å²) >= 11 is 5.94. The average Bonchev–Trinajstić information content (AvgIpc) is 2.35. The minimum atomic E-state index is -0.776. The topological polar surface area (TPSA) is 51.2 Å². The zero-order valence-corrected chi connectivity index (χ0v) is 13.3. The van der Waals surface area contributed by atoms with Gasteiger partial charge in [0.15, 0.2) is 5.78 Å². The zero-order valence-electron chi connectivity index (χ0n) is 12.5. The quantitative estimate of drug-likeness (QED) is 0.630. The summed E-state index contributed by atoms with van der Waals surface area (Å²) in [7, 11) is 0. The van der Waals surface area contributed by atoms with E-state index < -0.39 is 5.92 Å². The maximum Gasteiger partial charge on any atom is 0.164 e. The third kappa shape index (κ3) is 3.59. The van der Waals surface area contributed by atoms with Gasteiger partial charge in [0.05, 0.1) is 5.92 Å². The Labute approximate surface area is 129 Å². The Hall–Kier alpha value is -1.48. The predicted octanol–water partition coefficient (Wildman–Crippen LogP) is 3.80. The number of hydrogen-bond donors (Lipinski definition) is 0. The number of aryl methyl sites for hydroxylation is 1. The molecule has 0 saturated heterocycles. The Bertz CT molecular complexity index is 596. The Morgan fingerprint density at radius 1 is 1.24 bits per heavy atom. The van der Waals surface area contributed by atoms with Crippen LogP contribution in [0.3, 0.4) is 0 Å². The largest absolute Gasteiger partial charge is 0.299 e. The van der Waals surface area contributed by atoms with Crippen LogP contribution in [0.25, 0.3) is 0 Å². The first-order valence-electron chi connectivity index (χ1n) is 7.04. The van der Waals surface area contributed by atoms with Crippen LogP contribution in [0.1, 0.15) is 49.0 Å². The average molecular weight is 307 g/mol. The van der Waals surface area contributed by atoms with Gasteiger partial charge in [-0.3, -0.25) is 14.4 Å². The van der Waals surface area contributed by atoms with E-state index in [1.807, 2.05) is 20.8 Å². The Kier molecular flexibility index (Phi) is 4.33. The van der Waals surface area contributed by atoms with Gasteiger partial charge in [-0.15, -0.1) is 0 Å². The molecule has 2 rings (SSSR count). The number of halogens is 1. The monoisotopic (exact) mass is 306 g/mol. The Balaban J connectivity index is 2.14. The summed E-state index contributed by atoms with van der Waals surface area (Å²) in [4.78, 5) is 36.5. The summed E-state index contributed by atoms with van der Waals surface area (Å²) in [5.41, 5.74) is 1.03. The number of benzene rings is 1. The fourth-order valence-electron chi connectivity index (χ4n) is 2.78. The van der Waals surface area contributed by atoms with E-state index in [-0.39, 0.29) is 29.2 Å². The molecule has 1 fully saturated rings. The van der Waals surface area contributed by atoms with Crippen LogP contribution in [0, 0.1) is 18.3 Å². The lowest BCUT2D eigenvalue weighted by molar-refractivity contribution is -0.139. The maximum absolute atomic E-state index is 12.3. The summed E-state index contributed by atoms with van der Waals surface area (Å²) < 4.78 is 0. The van der Waals surface area contributed by atoms with Crippen molar-refractivity contribution in [3.63, 3.8) is 0 Å². The van der Waals surface area contributed by atoms with Crippen molar-refractivity contribution in [3.8, 4) is 0 Å². The molecule has 1 aromatic carbocycles. The molecule has 1 aromatic rings. The molecule has 0 radical (unpaired) electrons. The van der Waals surface area contributed by atoms with Crippen LogP contribution in [0.15, 0.2) is 18.2 Å². The molecule has 0 heterocycles. The summed E-state index contributed by atoms with van der Waals surface area (Å²) in [6.07, 6.45) is 0.682. The first-order chi connectivity index (χ1) is 9.69. The normalized spacial score (nSPS) is 18.9. The van der Waals surface area contributed by atoms with E-state index >= 15 is 0 Å². The van der Waals surface area contributed by atoms with Crippen LogP contribution in [0.2, 0.25) is 5.02 Å². The second kappa shape index (κ2) is 5.72. The van der Waals surface area contributed by atoms with Crippen LogP contribution in [-0.2, 0) is 9.59 Å². The van der Waals surface area contributed by atoms with Crippen LogP contribution in [0.4, 0.5) is 0 Å². The van der Waals surface area contributed by atoms with Crippen molar-refractivity contribution in [1.82, 2.24) is 0 Å². The number of Topliss-reactive ketones (excluding diaryl/α,β-unsaturated/α-hetero) is 3. The van der Waals surface area contributed by atoms with Gasteiger partial charge in [-0.1, -0.05) is 25.4 Å². The van der Waals surface area contributed by atoms with Gasteiger partial charge in [-0.25, -0.2) is 0 Å². The number of carbonyl (C=O) groups excluding carboxylic acids is 3. The van der Waals surface area contributed by atoms with Crippen molar-refractivity contribution < 1.29 is 14.4 Å². The minimum absolute atomic E-state index is 0.0329. The molecule has 4 heteroatoms. The standard InChI is InChI=1S/C17H19ClO3/c1-10-6-11(4-5-13(10)18)14(19)7-12-15(20)8-17(2,3)9-16(12)21/h4-6,12H,7-9H2,1-3H3. The molecule has 0 aromatic heterocycles. The number of rotatable bonds is 3. The molecule has 21 heavy (non-hydrogen) atoms. The molecule has 0 spiro atoms. The molecule has 0 atom stereocenters. The third-order valence-corrected chi connectivity index (χ3v) is 4.38. The van der Waals surface area contributed by atoms with Gasteiger partial charge in [0, 0.05) is 29.8 Å². The third-order valence-electron chi connectivity index (χ3n) is 3.95. The van der Waals surface area contributed by atoms with Crippen LogP contribution < -0.4 is 0 Å². The smallest absolute Gasteiger partial charge is 0.164 e. The summed E-state index contributed by atoms with van der Waals surface area (Å²) in [6.45, 7) is 5.63. The van der Waals surface area contributed by atoms with Gasteiger partial charge in [0.1, 0.15) is 11.6 Å². The van der Waals surface area contributed by atoms with E-state index in [1.165, 1.54) is 0 Å². The van der Waals surface area contributed by atoms with Crippen molar-refractivity contribution in [1.29, 1.82) is 0 Å². The molecule has 0 N–H and O–H groups in total. The van der Waals surface area contributed by atoms with E-state index in [2.05, 4.69) is 0 Å². The highest BCUT2D eigenvalue weighted by atomic mass is 35.5. The zero-order chi connectivity index (χ0) is 15.8. The summed E-state index contributed by atoms with van der Waals surface area (Å²) in [5, 5.41) is 0.595. The summed E-state index contributed by atoms with van der Waals surface area (Å²) in [6, 6.07) is 5.00. The Morgan fingerprint density at radius 2 is 1.81 bits per heavy atom. The SMILES string of the molecule is Cc1cc(C(=O)CC2C(=O)CC(C)(C)CC2=O)ccc1Cl. The molecule has 112 valence electrons. The van der Waals surface area contributed by atoms with Gasteiger partial charge in [0.2, 0.25) is 0 Å². The van der Waals surface area contributed by atoms with Gasteiger partial charge < -0.3 is 0 Å². The lowest BCUT2D eigenvalue weighted by Gasteiger charge is -2.31. The molecular weight excluding hydrogens is 288 g/mol. The highest BCUT2D eigenvalue weighted by molar-refractivity contribution is 6.31. The number of carbonyl (C=O) groups is 3. The van der Waals surface area contributed by atoms with E-state index in [4.69, 9.17) is 11.6 Å². The molecular formula is C17H19ClO3. The van der Waals surface area contributed by atoms with Crippen LogP contribution in [-0.4, -0.2) is 17.3 Å². The lowest BCUT2D eigenvalue weighted by atomic mass is 9.70. The van der Waals surface area contributed by atoms with Crippen molar-refractivity contribution in [2.75, 3.05) is 0 Å². The number of hydrogen-bond acceptors (Lipinski definition) is 3. The summed E-state index contributed by atoms with van der Waals surface area (Å²) in [5.74, 6) is -1.19. The van der Waals surface area contributed by atoms with Gasteiger partial charge >= 0.3 is 0 Å². The molecule has 0 unspecified atom stereocenters. The maximum atomic E-state index is 12.3. The van der Waals surface area contributed by atoms with E-state index in [9.17, 15) is 14.4 Å². The van der Waals surface area contributed by atoms with E-state index in [0.717, 1.165) is 5.56 Å². The molecule has 1 aliphatic carbocycles. The van der Waals surface area contributed by atoms with E-state index in [0.29, 0.717) is 23.4 Å². The van der Waals surface area contributed by atoms with Crippen molar-refractivity contribution >= 4 is 29.0 Å².